The van der Waals surface area contributed by atoms with Crippen LogP contribution in [0.15, 0.2) is 17.5 Å². The molecule has 4 heteroatoms. The Kier molecular flexibility index (Phi) is 4.62. The van der Waals surface area contributed by atoms with E-state index in [1.165, 1.54) is 0 Å². The van der Waals surface area contributed by atoms with Crippen molar-refractivity contribution in [2.75, 3.05) is 13.6 Å². The first-order valence-electron chi connectivity index (χ1n) is 4.50. The lowest BCUT2D eigenvalue weighted by molar-refractivity contribution is -0.129. The Labute approximate surface area is 97.1 Å². The fourth-order valence-corrected chi connectivity index (χ4v) is 2.31. The molecular formula is C10H14BrNOS. The molecule has 2 nitrogen and oxygen atoms in total. The standard InChI is InChI=1S/C10H14BrNOS/c1-8(11)7-12(2)10(13)6-9-4-3-5-14-9/h3-5,8H,6-7H2,1-2H3. The molecule has 0 spiro atoms. The van der Waals surface area contributed by atoms with E-state index in [9.17, 15) is 4.79 Å². The Morgan fingerprint density at radius 1 is 1.71 bits per heavy atom. The van der Waals surface area contributed by atoms with Crippen LogP contribution in [0.1, 0.15) is 11.8 Å². The first-order chi connectivity index (χ1) is 6.59. The van der Waals surface area contributed by atoms with Gasteiger partial charge in [-0.2, -0.15) is 0 Å². The summed E-state index contributed by atoms with van der Waals surface area (Å²) in [4.78, 5) is 14.9. The van der Waals surface area contributed by atoms with Crippen molar-refractivity contribution in [2.24, 2.45) is 0 Å². The number of rotatable bonds is 4. The minimum Gasteiger partial charge on any atom is -0.344 e. The molecule has 0 radical (unpaired) electrons. The Morgan fingerprint density at radius 2 is 2.43 bits per heavy atom. The Balaban J connectivity index is 2.42. The minimum atomic E-state index is 0.179. The van der Waals surface area contributed by atoms with Gasteiger partial charge in [0.25, 0.3) is 0 Å². The molecule has 1 unspecified atom stereocenters. The molecule has 0 saturated carbocycles. The molecule has 0 aliphatic heterocycles. The van der Waals surface area contributed by atoms with Crippen LogP contribution in [-0.2, 0) is 11.2 Å². The van der Waals surface area contributed by atoms with Crippen molar-refractivity contribution < 1.29 is 4.79 Å². The summed E-state index contributed by atoms with van der Waals surface area (Å²) in [6.07, 6.45) is 0.522. The molecule has 0 bridgehead atoms. The number of hydrogen-bond acceptors (Lipinski definition) is 2. The van der Waals surface area contributed by atoms with E-state index >= 15 is 0 Å². The van der Waals surface area contributed by atoms with Gasteiger partial charge in [0.05, 0.1) is 6.42 Å². The SMILES string of the molecule is CC(Br)CN(C)C(=O)Cc1cccs1. The van der Waals surface area contributed by atoms with Crippen molar-refractivity contribution in [3.8, 4) is 0 Å². The van der Waals surface area contributed by atoms with Gasteiger partial charge in [-0.15, -0.1) is 11.3 Å². The van der Waals surface area contributed by atoms with Gasteiger partial charge in [0.15, 0.2) is 0 Å². The van der Waals surface area contributed by atoms with Crippen LogP contribution in [0.4, 0.5) is 0 Å². The fraction of sp³-hybridized carbons (Fsp3) is 0.500. The summed E-state index contributed by atoms with van der Waals surface area (Å²) < 4.78 is 0. The van der Waals surface area contributed by atoms with E-state index in [0.29, 0.717) is 11.2 Å². The summed E-state index contributed by atoms with van der Waals surface area (Å²) in [5.41, 5.74) is 0. The maximum Gasteiger partial charge on any atom is 0.227 e. The predicted octanol–water partition coefficient (Wildman–Crippen LogP) is 2.53. The lowest BCUT2D eigenvalue weighted by atomic mass is 10.3. The highest BCUT2D eigenvalue weighted by Gasteiger charge is 2.11. The van der Waals surface area contributed by atoms with Crippen molar-refractivity contribution in [2.45, 2.75) is 18.2 Å². The Hall–Kier alpha value is -0.350. The third-order valence-corrected chi connectivity index (χ3v) is 3.02. The highest BCUT2D eigenvalue weighted by molar-refractivity contribution is 9.09. The third-order valence-electron chi connectivity index (χ3n) is 1.86. The van der Waals surface area contributed by atoms with Crippen LogP contribution >= 0.6 is 27.3 Å². The summed E-state index contributed by atoms with van der Waals surface area (Å²) in [6.45, 7) is 2.79. The fourth-order valence-electron chi connectivity index (χ4n) is 1.18. The van der Waals surface area contributed by atoms with Crippen LogP contribution in [0, 0.1) is 0 Å². The summed E-state index contributed by atoms with van der Waals surface area (Å²) in [5.74, 6) is 0.179. The van der Waals surface area contributed by atoms with Gasteiger partial charge < -0.3 is 4.90 Å². The number of amides is 1. The number of carbonyl (C=O) groups excluding carboxylic acids is 1. The molecule has 1 aromatic rings. The van der Waals surface area contributed by atoms with Gasteiger partial charge in [-0.25, -0.2) is 0 Å². The number of thiophene rings is 1. The van der Waals surface area contributed by atoms with Gasteiger partial charge in [-0.1, -0.05) is 28.9 Å². The average Bonchev–Trinajstić information content (AvgIpc) is 2.55. The molecule has 14 heavy (non-hydrogen) atoms. The molecule has 1 aromatic heterocycles. The van der Waals surface area contributed by atoms with E-state index in [2.05, 4.69) is 15.9 Å². The van der Waals surface area contributed by atoms with Gasteiger partial charge in [0.2, 0.25) is 5.91 Å². The number of carbonyl (C=O) groups is 1. The Bertz CT molecular complexity index is 284. The highest BCUT2D eigenvalue weighted by atomic mass is 79.9. The maximum absolute atomic E-state index is 11.7. The van der Waals surface area contributed by atoms with Crippen molar-refractivity contribution in [3.05, 3.63) is 22.4 Å². The molecule has 0 aliphatic carbocycles. The quantitative estimate of drug-likeness (QED) is 0.774. The normalized spacial score (nSPS) is 12.5. The Morgan fingerprint density at radius 3 is 2.93 bits per heavy atom. The highest BCUT2D eigenvalue weighted by Crippen LogP contribution is 2.10. The second-order valence-corrected chi connectivity index (χ2v) is 5.91. The second-order valence-electron chi connectivity index (χ2n) is 3.31. The molecule has 1 heterocycles. The first kappa shape index (κ1) is 11.7. The van der Waals surface area contributed by atoms with Gasteiger partial charge in [0, 0.05) is 23.3 Å². The zero-order valence-corrected chi connectivity index (χ0v) is 10.8. The largest absolute Gasteiger partial charge is 0.344 e. The van der Waals surface area contributed by atoms with E-state index < -0.39 is 0 Å². The van der Waals surface area contributed by atoms with Crippen molar-refractivity contribution in [3.63, 3.8) is 0 Å². The molecule has 1 atom stereocenters. The number of halogens is 1. The zero-order chi connectivity index (χ0) is 10.6. The van der Waals surface area contributed by atoms with E-state index in [4.69, 9.17) is 0 Å². The monoisotopic (exact) mass is 275 g/mol. The van der Waals surface area contributed by atoms with Gasteiger partial charge in [-0.05, 0) is 11.4 Å². The van der Waals surface area contributed by atoms with Crippen LogP contribution in [0.25, 0.3) is 0 Å². The van der Waals surface area contributed by atoms with Gasteiger partial charge in [-0.3, -0.25) is 4.79 Å². The summed E-state index contributed by atoms with van der Waals surface area (Å²) in [6, 6.07) is 3.97. The molecule has 0 saturated heterocycles. The van der Waals surface area contributed by atoms with Crippen LogP contribution in [0.3, 0.4) is 0 Å². The van der Waals surface area contributed by atoms with Crippen molar-refractivity contribution in [1.82, 2.24) is 4.90 Å². The van der Waals surface area contributed by atoms with E-state index in [1.807, 2.05) is 31.5 Å². The van der Waals surface area contributed by atoms with Crippen LogP contribution in [-0.4, -0.2) is 29.2 Å². The van der Waals surface area contributed by atoms with E-state index in [-0.39, 0.29) is 5.91 Å². The van der Waals surface area contributed by atoms with Crippen LogP contribution in [0.5, 0.6) is 0 Å². The predicted molar refractivity (Wildman–Crippen MR) is 64.0 cm³/mol. The molecule has 1 amide bonds. The summed E-state index contributed by atoms with van der Waals surface area (Å²) >= 11 is 5.06. The van der Waals surface area contributed by atoms with Crippen molar-refractivity contribution >= 4 is 33.2 Å². The van der Waals surface area contributed by atoms with E-state index in [1.54, 1.807) is 16.2 Å². The number of likely N-dealkylation sites (N-methyl/N-ethyl adjacent to an activating group) is 1. The molecule has 1 rings (SSSR count). The number of hydrogen-bond donors (Lipinski definition) is 0. The lowest BCUT2D eigenvalue weighted by Crippen LogP contribution is -2.32. The molecule has 0 fully saturated rings. The molecule has 0 aromatic carbocycles. The maximum atomic E-state index is 11.7. The number of alkyl halides is 1. The second kappa shape index (κ2) is 5.51. The van der Waals surface area contributed by atoms with Gasteiger partial charge in [0.1, 0.15) is 0 Å². The molecule has 0 aliphatic rings. The summed E-state index contributed by atoms with van der Waals surface area (Å²) in [5, 5.41) is 2.00. The van der Waals surface area contributed by atoms with Gasteiger partial charge >= 0.3 is 0 Å². The van der Waals surface area contributed by atoms with Crippen LogP contribution < -0.4 is 0 Å². The molecule has 0 N–H and O–H groups in total. The summed E-state index contributed by atoms with van der Waals surface area (Å²) in [7, 11) is 1.84. The topological polar surface area (TPSA) is 20.3 Å². The lowest BCUT2D eigenvalue weighted by Gasteiger charge is -2.18. The first-order valence-corrected chi connectivity index (χ1v) is 6.29. The molecular weight excluding hydrogens is 262 g/mol. The average molecular weight is 276 g/mol. The third kappa shape index (κ3) is 3.80. The zero-order valence-electron chi connectivity index (χ0n) is 8.37. The minimum absolute atomic E-state index is 0.179. The van der Waals surface area contributed by atoms with Crippen LogP contribution in [0.2, 0.25) is 0 Å². The van der Waals surface area contributed by atoms with E-state index in [0.717, 1.165) is 11.4 Å². The molecule has 78 valence electrons. The van der Waals surface area contributed by atoms with Crippen molar-refractivity contribution in [1.29, 1.82) is 0 Å². The smallest absolute Gasteiger partial charge is 0.227 e. The number of nitrogens with zero attached hydrogens (tertiary/aromatic N) is 1.